The van der Waals surface area contributed by atoms with Crippen LogP contribution >= 0.6 is 0 Å². The van der Waals surface area contributed by atoms with E-state index in [0.29, 0.717) is 12.5 Å². The van der Waals surface area contributed by atoms with Crippen LogP contribution in [0.15, 0.2) is 24.4 Å². The summed E-state index contributed by atoms with van der Waals surface area (Å²) in [5.41, 5.74) is 0.872. The summed E-state index contributed by atoms with van der Waals surface area (Å²) in [6.07, 6.45) is 4.20. The number of nitrogens with zero attached hydrogens (tertiary/aromatic N) is 1. The van der Waals surface area contributed by atoms with Crippen molar-refractivity contribution in [3.8, 4) is 0 Å². The minimum Gasteiger partial charge on any atom is -0.335 e. The van der Waals surface area contributed by atoms with Crippen molar-refractivity contribution in [2.45, 2.75) is 32.4 Å². The van der Waals surface area contributed by atoms with Crippen LogP contribution in [0.4, 0.5) is 4.79 Å². The Kier molecular flexibility index (Phi) is 3.39. The third kappa shape index (κ3) is 3.22. The minimum atomic E-state index is -0.106. The summed E-state index contributed by atoms with van der Waals surface area (Å²) in [6, 6.07) is 5.84. The lowest BCUT2D eigenvalue weighted by atomic mass is 10.2. The van der Waals surface area contributed by atoms with Crippen molar-refractivity contribution in [3.05, 3.63) is 30.1 Å². The SMILES string of the molecule is CC(NC(=O)NCc1ccccn1)C1CC1. The molecule has 4 heteroatoms. The topological polar surface area (TPSA) is 54.0 Å². The van der Waals surface area contributed by atoms with Gasteiger partial charge in [0.15, 0.2) is 0 Å². The van der Waals surface area contributed by atoms with Crippen molar-refractivity contribution < 1.29 is 4.79 Å². The second kappa shape index (κ2) is 4.96. The van der Waals surface area contributed by atoms with Gasteiger partial charge in [0, 0.05) is 12.2 Å². The van der Waals surface area contributed by atoms with E-state index in [2.05, 4.69) is 22.5 Å². The van der Waals surface area contributed by atoms with Crippen LogP contribution in [-0.4, -0.2) is 17.1 Å². The second-order valence-corrected chi connectivity index (χ2v) is 4.27. The lowest BCUT2D eigenvalue weighted by Crippen LogP contribution is -2.41. The first-order chi connectivity index (χ1) is 7.75. The molecule has 2 N–H and O–H groups in total. The first-order valence-corrected chi connectivity index (χ1v) is 5.70. The molecule has 2 amide bonds. The molecular weight excluding hydrogens is 202 g/mol. The van der Waals surface area contributed by atoms with Gasteiger partial charge in [0.2, 0.25) is 0 Å². The van der Waals surface area contributed by atoms with Crippen LogP contribution in [0.1, 0.15) is 25.5 Å². The number of pyridine rings is 1. The molecule has 1 aromatic rings. The van der Waals surface area contributed by atoms with Gasteiger partial charge in [-0.15, -0.1) is 0 Å². The summed E-state index contributed by atoms with van der Waals surface area (Å²) >= 11 is 0. The van der Waals surface area contributed by atoms with Gasteiger partial charge in [0.1, 0.15) is 0 Å². The average Bonchev–Trinajstić information content (AvgIpc) is 3.11. The Morgan fingerprint density at radius 1 is 1.56 bits per heavy atom. The van der Waals surface area contributed by atoms with E-state index in [1.165, 1.54) is 12.8 Å². The molecular formula is C12H17N3O. The second-order valence-electron chi connectivity index (χ2n) is 4.27. The van der Waals surface area contributed by atoms with Gasteiger partial charge in [-0.2, -0.15) is 0 Å². The highest BCUT2D eigenvalue weighted by atomic mass is 16.2. The zero-order valence-electron chi connectivity index (χ0n) is 9.44. The summed E-state index contributed by atoms with van der Waals surface area (Å²) in [6.45, 7) is 2.53. The molecule has 0 bridgehead atoms. The van der Waals surface area contributed by atoms with Crippen LogP contribution in [-0.2, 0) is 6.54 Å². The molecule has 4 nitrogen and oxygen atoms in total. The predicted octanol–water partition coefficient (Wildman–Crippen LogP) is 1.68. The molecule has 1 aliphatic rings. The highest BCUT2D eigenvalue weighted by molar-refractivity contribution is 5.74. The monoisotopic (exact) mass is 219 g/mol. The number of urea groups is 1. The van der Waals surface area contributed by atoms with E-state index < -0.39 is 0 Å². The Bertz CT molecular complexity index is 349. The van der Waals surface area contributed by atoms with Crippen LogP contribution in [0.2, 0.25) is 0 Å². The molecule has 16 heavy (non-hydrogen) atoms. The Labute approximate surface area is 95.5 Å². The maximum atomic E-state index is 11.5. The number of carbonyl (C=O) groups excluding carboxylic acids is 1. The van der Waals surface area contributed by atoms with Gasteiger partial charge in [-0.05, 0) is 37.8 Å². The lowest BCUT2D eigenvalue weighted by molar-refractivity contribution is 0.236. The number of carbonyl (C=O) groups is 1. The van der Waals surface area contributed by atoms with Gasteiger partial charge in [-0.25, -0.2) is 4.79 Å². The highest BCUT2D eigenvalue weighted by Gasteiger charge is 2.28. The molecule has 1 saturated carbocycles. The van der Waals surface area contributed by atoms with Crippen LogP contribution in [0.25, 0.3) is 0 Å². The van der Waals surface area contributed by atoms with E-state index in [1.54, 1.807) is 6.20 Å². The summed E-state index contributed by atoms with van der Waals surface area (Å²) in [5, 5.41) is 5.73. The molecule has 2 rings (SSSR count). The molecule has 1 heterocycles. The van der Waals surface area contributed by atoms with Crippen molar-refractivity contribution in [2.75, 3.05) is 0 Å². The Hall–Kier alpha value is -1.58. The normalized spacial score (nSPS) is 16.6. The van der Waals surface area contributed by atoms with Crippen molar-refractivity contribution in [1.82, 2.24) is 15.6 Å². The minimum absolute atomic E-state index is 0.106. The summed E-state index contributed by atoms with van der Waals surface area (Å²) in [4.78, 5) is 15.6. The van der Waals surface area contributed by atoms with Gasteiger partial charge >= 0.3 is 6.03 Å². The zero-order valence-corrected chi connectivity index (χ0v) is 9.44. The standard InChI is InChI=1S/C12H17N3O/c1-9(10-5-6-10)15-12(16)14-8-11-4-2-3-7-13-11/h2-4,7,9-10H,5-6,8H2,1H3,(H2,14,15,16). The Balaban J connectivity index is 1.71. The van der Waals surface area contributed by atoms with E-state index in [4.69, 9.17) is 0 Å². The van der Waals surface area contributed by atoms with E-state index in [9.17, 15) is 4.79 Å². The number of amides is 2. The largest absolute Gasteiger partial charge is 0.335 e. The first-order valence-electron chi connectivity index (χ1n) is 5.70. The fraction of sp³-hybridized carbons (Fsp3) is 0.500. The predicted molar refractivity (Wildman–Crippen MR) is 61.8 cm³/mol. The van der Waals surface area contributed by atoms with Crippen molar-refractivity contribution in [3.63, 3.8) is 0 Å². The molecule has 86 valence electrons. The Morgan fingerprint density at radius 3 is 3.00 bits per heavy atom. The summed E-state index contributed by atoms with van der Waals surface area (Å²) in [7, 11) is 0. The first kappa shape index (κ1) is 10.9. The van der Waals surface area contributed by atoms with Gasteiger partial charge < -0.3 is 10.6 Å². The average molecular weight is 219 g/mol. The van der Waals surface area contributed by atoms with Gasteiger partial charge in [0.25, 0.3) is 0 Å². The van der Waals surface area contributed by atoms with E-state index in [-0.39, 0.29) is 12.1 Å². The van der Waals surface area contributed by atoms with E-state index in [0.717, 1.165) is 5.69 Å². The lowest BCUT2D eigenvalue weighted by Gasteiger charge is -2.13. The zero-order chi connectivity index (χ0) is 11.4. The Morgan fingerprint density at radius 2 is 2.38 bits per heavy atom. The molecule has 0 aliphatic heterocycles. The van der Waals surface area contributed by atoms with Crippen LogP contribution in [0.3, 0.4) is 0 Å². The van der Waals surface area contributed by atoms with E-state index >= 15 is 0 Å². The molecule has 0 saturated heterocycles. The summed E-state index contributed by atoms with van der Waals surface area (Å²) < 4.78 is 0. The fourth-order valence-electron chi connectivity index (χ4n) is 1.65. The smallest absolute Gasteiger partial charge is 0.315 e. The molecule has 1 fully saturated rings. The number of hydrogen-bond acceptors (Lipinski definition) is 2. The molecule has 1 atom stereocenters. The van der Waals surface area contributed by atoms with Crippen LogP contribution in [0.5, 0.6) is 0 Å². The third-order valence-electron chi connectivity index (χ3n) is 2.84. The van der Waals surface area contributed by atoms with Crippen LogP contribution in [0, 0.1) is 5.92 Å². The molecule has 0 aromatic carbocycles. The fourth-order valence-corrected chi connectivity index (χ4v) is 1.65. The third-order valence-corrected chi connectivity index (χ3v) is 2.84. The highest BCUT2D eigenvalue weighted by Crippen LogP contribution is 2.32. The van der Waals surface area contributed by atoms with Gasteiger partial charge in [-0.3, -0.25) is 4.98 Å². The quantitative estimate of drug-likeness (QED) is 0.809. The maximum Gasteiger partial charge on any atom is 0.315 e. The number of nitrogens with one attached hydrogen (secondary N) is 2. The van der Waals surface area contributed by atoms with Crippen molar-refractivity contribution in [2.24, 2.45) is 5.92 Å². The van der Waals surface area contributed by atoms with Gasteiger partial charge in [0.05, 0.1) is 12.2 Å². The molecule has 1 aliphatic carbocycles. The summed E-state index contributed by atoms with van der Waals surface area (Å²) in [5.74, 6) is 0.681. The number of rotatable bonds is 4. The molecule has 0 spiro atoms. The van der Waals surface area contributed by atoms with Gasteiger partial charge in [-0.1, -0.05) is 6.07 Å². The molecule has 1 unspecified atom stereocenters. The molecule has 1 aromatic heterocycles. The van der Waals surface area contributed by atoms with E-state index in [1.807, 2.05) is 18.2 Å². The van der Waals surface area contributed by atoms with Crippen LogP contribution < -0.4 is 10.6 Å². The maximum absolute atomic E-state index is 11.5. The van der Waals surface area contributed by atoms with Crippen molar-refractivity contribution >= 4 is 6.03 Å². The van der Waals surface area contributed by atoms with Crippen molar-refractivity contribution in [1.29, 1.82) is 0 Å². The number of aromatic nitrogens is 1. The number of hydrogen-bond donors (Lipinski definition) is 2. The molecule has 0 radical (unpaired) electrons.